The Morgan fingerprint density at radius 1 is 1.12 bits per heavy atom. The zero-order valence-electron chi connectivity index (χ0n) is 14.0. The molecule has 0 saturated carbocycles. The summed E-state index contributed by atoms with van der Waals surface area (Å²) in [5, 5.41) is 3.32. The van der Waals surface area contributed by atoms with Crippen molar-refractivity contribution in [3.63, 3.8) is 0 Å². The molecule has 2 amide bonds. The minimum Gasteiger partial charge on any atom is -0.339 e. The number of carbonyl (C=O) groups is 2. The summed E-state index contributed by atoms with van der Waals surface area (Å²) in [5.74, 6) is 0.378. The van der Waals surface area contributed by atoms with E-state index in [1.165, 1.54) is 0 Å². The van der Waals surface area contributed by atoms with Crippen LogP contribution in [0.4, 0.5) is 0 Å². The lowest BCUT2D eigenvalue weighted by Gasteiger charge is -2.39. The summed E-state index contributed by atoms with van der Waals surface area (Å²) in [7, 11) is 0. The third kappa shape index (κ3) is 3.81. The number of nitrogens with one attached hydrogen (secondary N) is 1. The van der Waals surface area contributed by atoms with Crippen LogP contribution in [0.15, 0.2) is 28.7 Å². The molecule has 2 aliphatic heterocycles. The molecular formula is C18H24BrN3O2. The van der Waals surface area contributed by atoms with Gasteiger partial charge in [-0.3, -0.25) is 9.59 Å². The van der Waals surface area contributed by atoms with Gasteiger partial charge in [-0.15, -0.1) is 0 Å². The fourth-order valence-corrected chi connectivity index (χ4v) is 3.77. The fourth-order valence-electron chi connectivity index (χ4n) is 3.51. The number of hydrogen-bond acceptors (Lipinski definition) is 3. The Morgan fingerprint density at radius 2 is 1.79 bits per heavy atom. The molecule has 2 aliphatic rings. The standard InChI is InChI=1S/C18H24BrN3O2/c1-13-12-20-8-11-22(13)18(24)15-6-9-21(10-7-15)17(23)14-2-4-16(19)5-3-14/h2-5,13,15,20H,6-12H2,1H3/t13-/m0/s1. The van der Waals surface area contributed by atoms with E-state index >= 15 is 0 Å². The van der Waals surface area contributed by atoms with Crippen LogP contribution in [0.1, 0.15) is 30.1 Å². The number of benzene rings is 1. The van der Waals surface area contributed by atoms with Crippen LogP contribution in [0.5, 0.6) is 0 Å². The molecule has 2 saturated heterocycles. The van der Waals surface area contributed by atoms with E-state index < -0.39 is 0 Å². The Balaban J connectivity index is 1.56. The number of carbonyl (C=O) groups excluding carboxylic acids is 2. The zero-order chi connectivity index (χ0) is 17.1. The molecule has 1 N–H and O–H groups in total. The van der Waals surface area contributed by atoms with Gasteiger partial charge in [0.05, 0.1) is 0 Å². The first-order valence-electron chi connectivity index (χ1n) is 8.62. The highest BCUT2D eigenvalue weighted by molar-refractivity contribution is 9.10. The average molecular weight is 394 g/mol. The lowest BCUT2D eigenvalue weighted by Crippen LogP contribution is -2.55. The van der Waals surface area contributed by atoms with Crippen molar-refractivity contribution >= 4 is 27.7 Å². The predicted molar refractivity (Wildman–Crippen MR) is 96.8 cm³/mol. The van der Waals surface area contributed by atoms with Gasteiger partial charge in [0.1, 0.15) is 0 Å². The van der Waals surface area contributed by atoms with Gasteiger partial charge < -0.3 is 15.1 Å². The number of likely N-dealkylation sites (tertiary alicyclic amines) is 1. The molecule has 1 atom stereocenters. The SMILES string of the molecule is C[C@H]1CNCCN1C(=O)C1CCN(C(=O)c2ccc(Br)cc2)CC1. The highest BCUT2D eigenvalue weighted by Gasteiger charge is 2.33. The minimum absolute atomic E-state index is 0.0551. The largest absolute Gasteiger partial charge is 0.339 e. The molecule has 0 unspecified atom stereocenters. The zero-order valence-corrected chi connectivity index (χ0v) is 15.6. The summed E-state index contributed by atoms with van der Waals surface area (Å²) in [6, 6.07) is 7.71. The molecule has 1 aromatic rings. The maximum atomic E-state index is 12.7. The van der Waals surface area contributed by atoms with Crippen molar-refractivity contribution < 1.29 is 9.59 Å². The van der Waals surface area contributed by atoms with E-state index in [4.69, 9.17) is 0 Å². The van der Waals surface area contributed by atoms with Crippen LogP contribution < -0.4 is 5.32 Å². The Labute approximate surface area is 151 Å². The molecule has 24 heavy (non-hydrogen) atoms. The van der Waals surface area contributed by atoms with E-state index in [2.05, 4.69) is 28.2 Å². The van der Waals surface area contributed by atoms with Crippen molar-refractivity contribution in [2.24, 2.45) is 5.92 Å². The topological polar surface area (TPSA) is 52.7 Å². The maximum Gasteiger partial charge on any atom is 0.253 e. The van der Waals surface area contributed by atoms with Gasteiger partial charge in [0.2, 0.25) is 5.91 Å². The lowest BCUT2D eigenvalue weighted by atomic mass is 9.94. The lowest BCUT2D eigenvalue weighted by molar-refractivity contribution is -0.139. The smallest absolute Gasteiger partial charge is 0.253 e. The van der Waals surface area contributed by atoms with Gasteiger partial charge in [0, 0.05) is 54.7 Å². The van der Waals surface area contributed by atoms with Crippen LogP contribution >= 0.6 is 15.9 Å². The third-order valence-electron chi connectivity index (χ3n) is 5.01. The van der Waals surface area contributed by atoms with Gasteiger partial charge in [-0.1, -0.05) is 15.9 Å². The third-order valence-corrected chi connectivity index (χ3v) is 5.54. The van der Waals surface area contributed by atoms with Crippen molar-refractivity contribution in [2.75, 3.05) is 32.7 Å². The number of halogens is 1. The Bertz CT molecular complexity index is 597. The minimum atomic E-state index is 0.0551. The second-order valence-corrected chi connectivity index (χ2v) is 7.57. The Morgan fingerprint density at radius 3 is 2.42 bits per heavy atom. The molecule has 0 aliphatic carbocycles. The van der Waals surface area contributed by atoms with E-state index in [1.54, 1.807) is 0 Å². The number of hydrogen-bond donors (Lipinski definition) is 1. The van der Waals surface area contributed by atoms with E-state index in [9.17, 15) is 9.59 Å². The summed E-state index contributed by atoms with van der Waals surface area (Å²) in [6.07, 6.45) is 1.52. The predicted octanol–water partition coefficient (Wildman–Crippen LogP) is 2.12. The van der Waals surface area contributed by atoms with Crippen LogP contribution in [-0.2, 0) is 4.79 Å². The van der Waals surface area contributed by atoms with Crippen molar-refractivity contribution in [1.29, 1.82) is 0 Å². The number of rotatable bonds is 2. The summed E-state index contributed by atoms with van der Waals surface area (Å²) in [6.45, 7) is 5.94. The molecular weight excluding hydrogens is 370 g/mol. The number of piperazine rings is 1. The normalized spacial score (nSPS) is 22.5. The summed E-state index contributed by atoms with van der Waals surface area (Å²) < 4.78 is 0.966. The molecule has 1 aromatic carbocycles. The molecule has 5 nitrogen and oxygen atoms in total. The Kier molecular flexibility index (Phi) is 5.56. The van der Waals surface area contributed by atoms with E-state index in [0.717, 1.165) is 36.9 Å². The first kappa shape index (κ1) is 17.4. The molecule has 0 aromatic heterocycles. The van der Waals surface area contributed by atoms with Crippen LogP contribution in [-0.4, -0.2) is 60.4 Å². The maximum absolute atomic E-state index is 12.7. The van der Waals surface area contributed by atoms with Crippen molar-refractivity contribution in [3.8, 4) is 0 Å². The second-order valence-electron chi connectivity index (χ2n) is 6.66. The fraction of sp³-hybridized carbons (Fsp3) is 0.556. The van der Waals surface area contributed by atoms with Crippen LogP contribution in [0.3, 0.4) is 0 Å². The van der Waals surface area contributed by atoms with Crippen molar-refractivity contribution in [2.45, 2.75) is 25.8 Å². The van der Waals surface area contributed by atoms with Gasteiger partial charge in [-0.2, -0.15) is 0 Å². The van der Waals surface area contributed by atoms with E-state index in [1.807, 2.05) is 34.1 Å². The van der Waals surface area contributed by atoms with Crippen molar-refractivity contribution in [3.05, 3.63) is 34.3 Å². The van der Waals surface area contributed by atoms with Crippen molar-refractivity contribution in [1.82, 2.24) is 15.1 Å². The second kappa shape index (κ2) is 7.66. The molecule has 0 bridgehead atoms. The first-order chi connectivity index (χ1) is 11.6. The Hall–Kier alpha value is -1.40. The van der Waals surface area contributed by atoms with Gasteiger partial charge >= 0.3 is 0 Å². The van der Waals surface area contributed by atoms with E-state index in [0.29, 0.717) is 18.7 Å². The van der Waals surface area contributed by atoms with Gasteiger partial charge in [-0.05, 0) is 44.0 Å². The molecule has 2 heterocycles. The van der Waals surface area contributed by atoms with Gasteiger partial charge in [0.15, 0.2) is 0 Å². The number of nitrogens with zero attached hydrogens (tertiary/aromatic N) is 2. The monoisotopic (exact) mass is 393 g/mol. The quantitative estimate of drug-likeness (QED) is 0.836. The van der Waals surface area contributed by atoms with Crippen LogP contribution in [0, 0.1) is 5.92 Å². The first-order valence-corrected chi connectivity index (χ1v) is 9.41. The summed E-state index contributed by atoms with van der Waals surface area (Å²) >= 11 is 3.39. The summed E-state index contributed by atoms with van der Waals surface area (Å²) in [4.78, 5) is 29.2. The highest BCUT2D eigenvalue weighted by Crippen LogP contribution is 2.23. The molecule has 3 rings (SSSR count). The number of amides is 2. The molecule has 0 radical (unpaired) electrons. The molecule has 2 fully saturated rings. The van der Waals surface area contributed by atoms with E-state index in [-0.39, 0.29) is 23.8 Å². The van der Waals surface area contributed by atoms with Gasteiger partial charge in [-0.25, -0.2) is 0 Å². The molecule has 6 heteroatoms. The highest BCUT2D eigenvalue weighted by atomic mass is 79.9. The molecule has 130 valence electrons. The van der Waals surface area contributed by atoms with Crippen LogP contribution in [0.2, 0.25) is 0 Å². The molecule has 0 spiro atoms. The summed E-state index contributed by atoms with van der Waals surface area (Å²) in [5.41, 5.74) is 0.707. The van der Waals surface area contributed by atoms with Crippen LogP contribution in [0.25, 0.3) is 0 Å². The number of piperidine rings is 1. The average Bonchev–Trinajstić information content (AvgIpc) is 2.62. The van der Waals surface area contributed by atoms with Gasteiger partial charge in [0.25, 0.3) is 5.91 Å².